The van der Waals surface area contributed by atoms with Gasteiger partial charge in [-0.2, -0.15) is 0 Å². The topological polar surface area (TPSA) is 54.7 Å². The minimum atomic E-state index is -0.692. The SMILES string of the molecule is Nc1cc(F)c(Sc2nc3ccccc3[nH]2)c(F)c1. The molecule has 0 amide bonds. The monoisotopic (exact) mass is 277 g/mol. The van der Waals surface area contributed by atoms with Gasteiger partial charge in [0.25, 0.3) is 0 Å². The van der Waals surface area contributed by atoms with Crippen molar-refractivity contribution < 1.29 is 8.78 Å². The zero-order valence-corrected chi connectivity index (χ0v) is 10.5. The zero-order chi connectivity index (χ0) is 13.4. The largest absolute Gasteiger partial charge is 0.399 e. The Balaban J connectivity index is 2.01. The van der Waals surface area contributed by atoms with Crippen molar-refractivity contribution in [1.29, 1.82) is 0 Å². The van der Waals surface area contributed by atoms with Crippen LogP contribution in [0, 0.1) is 11.6 Å². The number of H-pyrrole nitrogens is 1. The molecule has 2 aromatic carbocycles. The van der Waals surface area contributed by atoms with Crippen LogP contribution in [0.25, 0.3) is 11.0 Å². The van der Waals surface area contributed by atoms with Gasteiger partial charge in [-0.3, -0.25) is 0 Å². The minimum Gasteiger partial charge on any atom is -0.399 e. The summed E-state index contributed by atoms with van der Waals surface area (Å²) >= 11 is 0.903. The van der Waals surface area contributed by atoms with Gasteiger partial charge in [-0.25, -0.2) is 13.8 Å². The van der Waals surface area contributed by atoms with E-state index < -0.39 is 11.6 Å². The van der Waals surface area contributed by atoms with Gasteiger partial charge in [-0.05, 0) is 36.0 Å². The summed E-state index contributed by atoms with van der Waals surface area (Å²) in [7, 11) is 0. The molecule has 1 aromatic heterocycles. The summed E-state index contributed by atoms with van der Waals surface area (Å²) in [5.41, 5.74) is 7.00. The molecule has 0 aliphatic rings. The Labute approximate surface area is 111 Å². The van der Waals surface area contributed by atoms with Gasteiger partial charge in [0.2, 0.25) is 0 Å². The zero-order valence-electron chi connectivity index (χ0n) is 9.65. The second-order valence-corrected chi connectivity index (χ2v) is 4.97. The Morgan fingerprint density at radius 1 is 1.11 bits per heavy atom. The normalized spacial score (nSPS) is 11.1. The van der Waals surface area contributed by atoms with Crippen molar-refractivity contribution in [1.82, 2.24) is 9.97 Å². The highest BCUT2D eigenvalue weighted by atomic mass is 32.2. The van der Waals surface area contributed by atoms with Crippen LogP contribution < -0.4 is 5.73 Å². The molecule has 3 nitrogen and oxygen atoms in total. The highest BCUT2D eigenvalue weighted by molar-refractivity contribution is 7.99. The molecule has 0 unspecified atom stereocenters. The van der Waals surface area contributed by atoms with Crippen LogP contribution in [0.2, 0.25) is 0 Å². The van der Waals surface area contributed by atoms with E-state index in [0.717, 1.165) is 34.9 Å². The quantitative estimate of drug-likeness (QED) is 0.704. The molecule has 19 heavy (non-hydrogen) atoms. The maximum atomic E-state index is 13.7. The van der Waals surface area contributed by atoms with E-state index in [1.807, 2.05) is 24.3 Å². The lowest BCUT2D eigenvalue weighted by molar-refractivity contribution is 0.541. The first-order valence-electron chi connectivity index (χ1n) is 5.50. The minimum absolute atomic E-state index is 0.0592. The molecule has 0 bridgehead atoms. The van der Waals surface area contributed by atoms with Crippen molar-refractivity contribution in [3.63, 3.8) is 0 Å². The molecule has 0 fully saturated rings. The highest BCUT2D eigenvalue weighted by Gasteiger charge is 2.14. The fraction of sp³-hybridized carbons (Fsp3) is 0. The predicted molar refractivity (Wildman–Crippen MR) is 71.0 cm³/mol. The number of nitrogens with zero attached hydrogens (tertiary/aromatic N) is 1. The molecule has 0 radical (unpaired) electrons. The molecule has 0 saturated heterocycles. The smallest absolute Gasteiger partial charge is 0.171 e. The first kappa shape index (κ1) is 12.0. The Morgan fingerprint density at radius 3 is 2.47 bits per heavy atom. The number of hydrogen-bond acceptors (Lipinski definition) is 3. The van der Waals surface area contributed by atoms with E-state index in [2.05, 4.69) is 9.97 Å². The summed E-state index contributed by atoms with van der Waals surface area (Å²) in [6.07, 6.45) is 0. The number of nitrogen functional groups attached to an aromatic ring is 1. The Morgan fingerprint density at radius 2 is 1.79 bits per heavy atom. The van der Waals surface area contributed by atoms with Crippen molar-refractivity contribution >= 4 is 28.5 Å². The third-order valence-electron chi connectivity index (χ3n) is 2.59. The number of fused-ring (bicyclic) bond motifs is 1. The van der Waals surface area contributed by atoms with E-state index in [1.165, 1.54) is 0 Å². The van der Waals surface area contributed by atoms with Gasteiger partial charge in [-0.1, -0.05) is 12.1 Å². The molecule has 6 heteroatoms. The standard InChI is InChI=1S/C13H9F2N3S/c14-8-5-7(16)6-9(15)12(8)19-13-17-10-3-1-2-4-11(10)18-13/h1-6H,16H2,(H,17,18). The molecule has 0 atom stereocenters. The Hall–Kier alpha value is -2.08. The fourth-order valence-corrected chi connectivity index (χ4v) is 2.56. The van der Waals surface area contributed by atoms with E-state index >= 15 is 0 Å². The molecule has 3 N–H and O–H groups in total. The Kier molecular flexibility index (Phi) is 2.87. The van der Waals surface area contributed by atoms with Crippen molar-refractivity contribution in [2.45, 2.75) is 10.1 Å². The second kappa shape index (κ2) is 4.55. The van der Waals surface area contributed by atoms with E-state index in [4.69, 9.17) is 5.73 Å². The molecule has 3 rings (SSSR count). The van der Waals surface area contributed by atoms with Crippen LogP contribution in [0.15, 0.2) is 46.5 Å². The maximum absolute atomic E-state index is 13.7. The predicted octanol–water partition coefficient (Wildman–Crippen LogP) is 3.57. The maximum Gasteiger partial charge on any atom is 0.171 e. The molecule has 96 valence electrons. The number of nitrogens with two attached hydrogens (primary N) is 1. The lowest BCUT2D eigenvalue weighted by Gasteiger charge is -2.03. The van der Waals surface area contributed by atoms with Crippen LogP contribution in [-0.2, 0) is 0 Å². The molecule has 0 saturated carbocycles. The number of halogens is 2. The van der Waals surface area contributed by atoms with E-state index in [9.17, 15) is 8.78 Å². The number of nitrogens with one attached hydrogen (secondary N) is 1. The third-order valence-corrected chi connectivity index (χ3v) is 3.57. The van der Waals surface area contributed by atoms with Crippen molar-refractivity contribution in [2.24, 2.45) is 0 Å². The first-order chi connectivity index (χ1) is 9.13. The second-order valence-electron chi connectivity index (χ2n) is 3.97. The lowest BCUT2D eigenvalue weighted by atomic mass is 10.3. The van der Waals surface area contributed by atoms with E-state index in [-0.39, 0.29) is 10.6 Å². The molecule has 0 aliphatic heterocycles. The summed E-state index contributed by atoms with van der Waals surface area (Å²) in [4.78, 5) is 7.14. The van der Waals surface area contributed by atoms with Crippen LogP contribution >= 0.6 is 11.8 Å². The number of hydrogen-bond donors (Lipinski definition) is 2. The average Bonchev–Trinajstić information content (AvgIpc) is 2.76. The third kappa shape index (κ3) is 2.26. The summed E-state index contributed by atoms with van der Waals surface area (Å²) in [5.74, 6) is -1.38. The van der Waals surface area contributed by atoms with E-state index in [0.29, 0.717) is 5.16 Å². The average molecular weight is 277 g/mol. The van der Waals surface area contributed by atoms with Crippen molar-refractivity contribution in [3.05, 3.63) is 48.0 Å². The summed E-state index contributed by atoms with van der Waals surface area (Å²) in [6, 6.07) is 9.57. The molecule has 0 spiro atoms. The number of benzene rings is 2. The van der Waals surface area contributed by atoms with Crippen molar-refractivity contribution in [2.75, 3.05) is 5.73 Å². The molecular formula is C13H9F2N3S. The fourth-order valence-electron chi connectivity index (χ4n) is 1.75. The number of para-hydroxylation sites is 2. The van der Waals surface area contributed by atoms with Crippen LogP contribution in [0.3, 0.4) is 0 Å². The van der Waals surface area contributed by atoms with Gasteiger partial charge >= 0.3 is 0 Å². The van der Waals surface area contributed by atoms with Crippen molar-refractivity contribution in [3.8, 4) is 0 Å². The number of anilines is 1. The van der Waals surface area contributed by atoms with Gasteiger partial charge in [0.15, 0.2) is 5.16 Å². The van der Waals surface area contributed by atoms with Gasteiger partial charge in [0, 0.05) is 5.69 Å². The Bertz CT molecular complexity index is 698. The highest BCUT2D eigenvalue weighted by Crippen LogP contribution is 2.32. The number of imidazole rings is 1. The van der Waals surface area contributed by atoms with Crippen LogP contribution in [-0.4, -0.2) is 9.97 Å². The van der Waals surface area contributed by atoms with E-state index in [1.54, 1.807) is 0 Å². The van der Waals surface area contributed by atoms with Crippen LogP contribution in [0.4, 0.5) is 14.5 Å². The number of aromatic nitrogens is 2. The molecule has 0 aliphatic carbocycles. The van der Waals surface area contributed by atoms with Gasteiger partial charge in [0.1, 0.15) is 11.6 Å². The first-order valence-corrected chi connectivity index (χ1v) is 6.32. The molecule has 1 heterocycles. The lowest BCUT2D eigenvalue weighted by Crippen LogP contribution is -1.93. The summed E-state index contributed by atoms with van der Waals surface area (Å²) in [6.45, 7) is 0. The summed E-state index contributed by atoms with van der Waals surface area (Å²) in [5, 5.41) is 0.434. The summed E-state index contributed by atoms with van der Waals surface area (Å²) < 4.78 is 27.3. The van der Waals surface area contributed by atoms with Gasteiger partial charge < -0.3 is 10.7 Å². The number of aromatic amines is 1. The van der Waals surface area contributed by atoms with Crippen LogP contribution in [0.1, 0.15) is 0 Å². The van der Waals surface area contributed by atoms with Gasteiger partial charge in [0.05, 0.1) is 15.9 Å². The number of rotatable bonds is 2. The molecule has 3 aromatic rings. The van der Waals surface area contributed by atoms with Gasteiger partial charge in [-0.15, -0.1) is 0 Å². The van der Waals surface area contributed by atoms with Crippen LogP contribution in [0.5, 0.6) is 0 Å². The molecular weight excluding hydrogens is 268 g/mol.